The summed E-state index contributed by atoms with van der Waals surface area (Å²) < 4.78 is 27.3. The van der Waals surface area contributed by atoms with Gasteiger partial charge in [-0.25, -0.2) is 18.7 Å². The second-order valence-corrected chi connectivity index (χ2v) is 7.63. The summed E-state index contributed by atoms with van der Waals surface area (Å²) >= 11 is 0. The SMILES string of the molecule is CN1C[C@H]2CN(c3ncnc4cc(F)ccc34)C[C@H]2[C@@H]1c1cccc(F)c1.Cl.Cl. The average Bonchev–Trinajstić information content (AvgIpc) is 3.17. The maximum atomic E-state index is 13.8. The molecule has 0 N–H and O–H groups in total. The molecule has 2 aliphatic rings. The zero-order chi connectivity index (χ0) is 18.5. The Morgan fingerprint density at radius 1 is 0.931 bits per heavy atom. The first-order chi connectivity index (χ1) is 13.1. The van der Waals surface area contributed by atoms with Gasteiger partial charge in [-0.2, -0.15) is 0 Å². The van der Waals surface area contributed by atoms with Crippen molar-refractivity contribution in [3.8, 4) is 0 Å². The van der Waals surface area contributed by atoms with Crippen molar-refractivity contribution in [3.63, 3.8) is 0 Å². The summed E-state index contributed by atoms with van der Waals surface area (Å²) in [7, 11) is 2.11. The predicted octanol–water partition coefficient (Wildman–Crippen LogP) is 4.49. The van der Waals surface area contributed by atoms with Crippen LogP contribution in [0.4, 0.5) is 14.6 Å². The zero-order valence-electron chi connectivity index (χ0n) is 15.8. The lowest BCUT2D eigenvalue weighted by molar-refractivity contribution is 0.279. The smallest absolute Gasteiger partial charge is 0.139 e. The minimum absolute atomic E-state index is 0. The van der Waals surface area contributed by atoms with Gasteiger partial charge in [0.25, 0.3) is 0 Å². The summed E-state index contributed by atoms with van der Waals surface area (Å²) in [5.74, 6) is 1.27. The zero-order valence-corrected chi connectivity index (χ0v) is 17.5. The van der Waals surface area contributed by atoms with Crippen LogP contribution in [-0.4, -0.2) is 41.5 Å². The van der Waals surface area contributed by atoms with Crippen molar-refractivity contribution in [2.75, 3.05) is 31.6 Å². The number of aromatic nitrogens is 2. The molecule has 0 amide bonds. The molecule has 2 aliphatic heterocycles. The standard InChI is InChI=1S/C21H20F2N4.2ClH/c1-26-9-14-10-27(11-18(14)20(26)13-3-2-4-15(22)7-13)21-17-6-5-16(23)8-19(17)24-12-25-21;;/h2-8,12,14,18,20H,9-11H2,1H3;2*1H/t14-,18+,20-;;/m0../s1. The van der Waals surface area contributed by atoms with Crippen LogP contribution in [0.1, 0.15) is 11.6 Å². The summed E-state index contributed by atoms with van der Waals surface area (Å²) in [6.07, 6.45) is 1.50. The third-order valence-electron chi connectivity index (χ3n) is 5.96. The van der Waals surface area contributed by atoms with Crippen LogP contribution in [0, 0.1) is 23.5 Å². The minimum atomic E-state index is -0.293. The quantitative estimate of drug-likeness (QED) is 0.589. The van der Waals surface area contributed by atoms with Crippen molar-refractivity contribution in [2.45, 2.75) is 6.04 Å². The Hall–Kier alpha value is -2.02. The van der Waals surface area contributed by atoms with Gasteiger partial charge in [-0.1, -0.05) is 12.1 Å². The molecule has 0 spiro atoms. The fourth-order valence-electron chi connectivity index (χ4n) is 4.89. The largest absolute Gasteiger partial charge is 0.355 e. The van der Waals surface area contributed by atoms with Gasteiger partial charge in [0.15, 0.2) is 0 Å². The van der Waals surface area contributed by atoms with Gasteiger partial charge in [0, 0.05) is 43.0 Å². The summed E-state index contributed by atoms with van der Waals surface area (Å²) in [6, 6.07) is 11.8. The van der Waals surface area contributed by atoms with Crippen molar-refractivity contribution in [1.29, 1.82) is 0 Å². The van der Waals surface area contributed by atoms with E-state index in [1.54, 1.807) is 18.2 Å². The van der Waals surface area contributed by atoms with Gasteiger partial charge in [-0.15, -0.1) is 24.8 Å². The van der Waals surface area contributed by atoms with Gasteiger partial charge in [0.2, 0.25) is 0 Å². The fourth-order valence-corrected chi connectivity index (χ4v) is 4.89. The van der Waals surface area contributed by atoms with E-state index in [9.17, 15) is 8.78 Å². The number of hydrogen-bond donors (Lipinski definition) is 0. The van der Waals surface area contributed by atoms with Crippen LogP contribution in [0.3, 0.4) is 0 Å². The molecule has 2 saturated heterocycles. The molecule has 4 nitrogen and oxygen atoms in total. The van der Waals surface area contributed by atoms with E-state index in [1.807, 2.05) is 6.07 Å². The third-order valence-corrected chi connectivity index (χ3v) is 5.96. The highest BCUT2D eigenvalue weighted by molar-refractivity contribution is 5.89. The molecule has 8 heteroatoms. The topological polar surface area (TPSA) is 32.3 Å². The number of rotatable bonds is 2. The number of likely N-dealkylation sites (tertiary alicyclic amines) is 1. The number of halogens is 4. The van der Waals surface area contributed by atoms with E-state index < -0.39 is 0 Å². The van der Waals surface area contributed by atoms with Crippen molar-refractivity contribution >= 4 is 41.5 Å². The summed E-state index contributed by atoms with van der Waals surface area (Å²) in [6.45, 7) is 2.71. The van der Waals surface area contributed by atoms with Crippen LogP contribution in [0.2, 0.25) is 0 Å². The molecule has 2 aromatic carbocycles. The van der Waals surface area contributed by atoms with Crippen LogP contribution in [-0.2, 0) is 0 Å². The van der Waals surface area contributed by atoms with Gasteiger partial charge in [-0.3, -0.25) is 4.90 Å². The van der Waals surface area contributed by atoms with Crippen LogP contribution >= 0.6 is 24.8 Å². The van der Waals surface area contributed by atoms with Gasteiger partial charge in [0.05, 0.1) is 5.52 Å². The Morgan fingerprint density at radius 3 is 2.52 bits per heavy atom. The molecule has 1 aromatic heterocycles. The molecular weight excluding hydrogens is 417 g/mol. The van der Waals surface area contributed by atoms with Crippen LogP contribution in [0.15, 0.2) is 48.8 Å². The Balaban J connectivity index is 0.00000120. The molecule has 3 atom stereocenters. The van der Waals surface area contributed by atoms with Crippen molar-refractivity contribution in [1.82, 2.24) is 14.9 Å². The van der Waals surface area contributed by atoms with E-state index in [4.69, 9.17) is 0 Å². The van der Waals surface area contributed by atoms with Crippen molar-refractivity contribution in [3.05, 3.63) is 66.0 Å². The highest BCUT2D eigenvalue weighted by Crippen LogP contribution is 2.45. The lowest BCUT2D eigenvalue weighted by Crippen LogP contribution is -2.29. The lowest BCUT2D eigenvalue weighted by atomic mass is 9.89. The molecule has 154 valence electrons. The molecule has 0 saturated carbocycles. The Kier molecular flexibility index (Phi) is 6.27. The molecular formula is C21H22Cl2F2N4. The van der Waals surface area contributed by atoms with E-state index in [-0.39, 0.29) is 42.5 Å². The average molecular weight is 439 g/mol. The monoisotopic (exact) mass is 438 g/mol. The molecule has 0 aliphatic carbocycles. The van der Waals surface area contributed by atoms with Crippen LogP contribution in [0.5, 0.6) is 0 Å². The van der Waals surface area contributed by atoms with Crippen LogP contribution < -0.4 is 4.90 Å². The number of hydrogen-bond acceptors (Lipinski definition) is 4. The maximum Gasteiger partial charge on any atom is 0.139 e. The molecule has 3 aromatic rings. The predicted molar refractivity (Wildman–Crippen MR) is 115 cm³/mol. The highest BCUT2D eigenvalue weighted by atomic mass is 35.5. The van der Waals surface area contributed by atoms with E-state index in [0.29, 0.717) is 17.4 Å². The third kappa shape index (κ3) is 3.77. The molecule has 0 unspecified atom stereocenters. The molecule has 5 rings (SSSR count). The first-order valence-corrected chi connectivity index (χ1v) is 9.21. The molecule has 2 fully saturated rings. The second kappa shape index (κ2) is 8.38. The van der Waals surface area contributed by atoms with E-state index in [2.05, 4.69) is 26.8 Å². The molecule has 0 radical (unpaired) electrons. The number of benzene rings is 2. The number of nitrogens with zero attached hydrogens (tertiary/aromatic N) is 4. The first-order valence-electron chi connectivity index (χ1n) is 9.21. The maximum absolute atomic E-state index is 13.8. The van der Waals surface area contributed by atoms with Crippen molar-refractivity contribution in [2.24, 2.45) is 11.8 Å². The normalized spacial score (nSPS) is 23.6. The van der Waals surface area contributed by atoms with E-state index >= 15 is 0 Å². The molecule has 3 heterocycles. The van der Waals surface area contributed by atoms with E-state index in [1.165, 1.54) is 24.5 Å². The fraction of sp³-hybridized carbons (Fsp3) is 0.333. The van der Waals surface area contributed by atoms with Crippen LogP contribution in [0.25, 0.3) is 10.9 Å². The van der Waals surface area contributed by atoms with Crippen molar-refractivity contribution < 1.29 is 8.78 Å². The van der Waals surface area contributed by atoms with E-state index in [0.717, 1.165) is 36.4 Å². The van der Waals surface area contributed by atoms with Gasteiger partial charge in [-0.05, 0) is 42.8 Å². The number of anilines is 1. The van der Waals surface area contributed by atoms with Gasteiger partial charge < -0.3 is 4.90 Å². The Labute approximate surface area is 180 Å². The summed E-state index contributed by atoms with van der Waals surface area (Å²) in [5, 5.41) is 0.870. The van der Waals surface area contributed by atoms with Gasteiger partial charge >= 0.3 is 0 Å². The Morgan fingerprint density at radius 2 is 1.72 bits per heavy atom. The Bertz CT molecular complexity index is 1020. The minimum Gasteiger partial charge on any atom is -0.355 e. The number of fused-ring (bicyclic) bond motifs is 2. The lowest BCUT2D eigenvalue weighted by Gasteiger charge is -2.27. The molecule has 29 heavy (non-hydrogen) atoms. The summed E-state index contributed by atoms with van der Waals surface area (Å²) in [5.41, 5.74) is 1.65. The van der Waals surface area contributed by atoms with Gasteiger partial charge in [0.1, 0.15) is 23.8 Å². The first kappa shape index (κ1) is 21.7. The second-order valence-electron chi connectivity index (χ2n) is 7.63. The summed E-state index contributed by atoms with van der Waals surface area (Å²) in [4.78, 5) is 13.3. The molecule has 0 bridgehead atoms. The highest BCUT2D eigenvalue weighted by Gasteiger charge is 2.46.